The molecule has 0 unspecified atom stereocenters. The largest absolute Gasteiger partial charge is 0.230 e. The second-order valence-corrected chi connectivity index (χ2v) is 8.63. The molecule has 0 aliphatic heterocycles. The molecule has 0 spiro atoms. The smallest absolute Gasteiger partial charge is 0.198 e. The topological polar surface area (TPSA) is 51.6 Å². The first-order chi connectivity index (χ1) is 11.3. The summed E-state index contributed by atoms with van der Waals surface area (Å²) in [6, 6.07) is 10.1. The van der Waals surface area contributed by atoms with Crippen molar-refractivity contribution in [2.45, 2.75) is 27.0 Å². The molecule has 4 nitrogen and oxygen atoms in total. The van der Waals surface area contributed by atoms with E-state index in [-0.39, 0.29) is 0 Å². The van der Waals surface area contributed by atoms with Crippen LogP contribution in [-0.2, 0) is 0 Å². The Morgan fingerprint density at radius 1 is 0.696 bits per heavy atom. The van der Waals surface area contributed by atoms with Crippen LogP contribution in [0.4, 0.5) is 0 Å². The van der Waals surface area contributed by atoms with E-state index in [2.05, 4.69) is 45.1 Å². The number of aryl methyl sites for hydroxylation is 1. The average molecular weight is 377 g/mol. The van der Waals surface area contributed by atoms with Gasteiger partial charge < -0.3 is 0 Å². The number of nitrogens with zero attached hydrogens (tertiary/aromatic N) is 4. The van der Waals surface area contributed by atoms with Gasteiger partial charge in [0.15, 0.2) is 10.3 Å². The first kappa shape index (κ1) is 16.6. The molecule has 0 bridgehead atoms. The van der Waals surface area contributed by atoms with E-state index < -0.39 is 0 Å². The highest BCUT2D eigenvalue weighted by atomic mass is 33.1. The van der Waals surface area contributed by atoms with E-state index in [1.54, 1.807) is 68.0 Å². The van der Waals surface area contributed by atoms with E-state index in [4.69, 9.17) is 0 Å². The Balaban J connectivity index is 1.59. The van der Waals surface area contributed by atoms with Crippen molar-refractivity contribution in [3.05, 3.63) is 60.7 Å². The molecule has 3 rings (SSSR count). The Kier molecular flexibility index (Phi) is 6.21. The molecule has 3 aromatic rings. The van der Waals surface area contributed by atoms with E-state index >= 15 is 0 Å². The fourth-order valence-corrected chi connectivity index (χ4v) is 5.40. The zero-order valence-electron chi connectivity index (χ0n) is 12.1. The summed E-state index contributed by atoms with van der Waals surface area (Å²) in [6.45, 7) is 2.11. The first-order valence-corrected chi connectivity index (χ1v) is 10.9. The molecular weight excluding hydrogens is 364 g/mol. The van der Waals surface area contributed by atoms with Gasteiger partial charge in [-0.2, -0.15) is 0 Å². The molecule has 116 valence electrons. The van der Waals surface area contributed by atoms with Crippen molar-refractivity contribution in [1.29, 1.82) is 0 Å². The molecule has 8 heteroatoms. The summed E-state index contributed by atoms with van der Waals surface area (Å²) in [7, 11) is 6.46. The highest BCUT2D eigenvalue weighted by Crippen LogP contribution is 2.40. The number of rotatable bonds is 6. The van der Waals surface area contributed by atoms with Crippen LogP contribution in [0.2, 0.25) is 0 Å². The molecule has 1 aromatic carbocycles. The van der Waals surface area contributed by atoms with Crippen LogP contribution >= 0.6 is 43.2 Å². The lowest BCUT2D eigenvalue weighted by molar-refractivity contribution is 0.973. The third-order valence-electron chi connectivity index (χ3n) is 2.65. The molecule has 0 radical (unpaired) electrons. The average Bonchev–Trinajstić information content (AvgIpc) is 2.61. The summed E-state index contributed by atoms with van der Waals surface area (Å²) >= 11 is 0. The molecule has 0 atom stereocenters. The van der Waals surface area contributed by atoms with Gasteiger partial charge >= 0.3 is 0 Å². The maximum atomic E-state index is 4.21. The van der Waals surface area contributed by atoms with Crippen LogP contribution in [0.5, 0.6) is 0 Å². The van der Waals surface area contributed by atoms with Crippen LogP contribution in [0.25, 0.3) is 0 Å². The molecule has 2 heterocycles. The predicted octanol–water partition coefficient (Wildman–Crippen LogP) is 5.17. The Morgan fingerprint density at radius 3 is 1.83 bits per heavy atom. The van der Waals surface area contributed by atoms with Crippen molar-refractivity contribution in [1.82, 2.24) is 19.9 Å². The summed E-state index contributed by atoms with van der Waals surface area (Å²) in [5.41, 5.74) is 1.23. The van der Waals surface area contributed by atoms with Gasteiger partial charge in [0.1, 0.15) is 0 Å². The van der Waals surface area contributed by atoms with Gasteiger partial charge in [-0.05, 0) is 86.0 Å². The molecular formula is C15H12N4S4. The SMILES string of the molecule is Cc1cc(SSc2ncccn2)ccc1SSc1ncccn1. The van der Waals surface area contributed by atoms with Crippen molar-refractivity contribution in [3.63, 3.8) is 0 Å². The van der Waals surface area contributed by atoms with Crippen molar-refractivity contribution >= 4 is 43.2 Å². The quantitative estimate of drug-likeness (QED) is 0.431. The summed E-state index contributed by atoms with van der Waals surface area (Å²) in [5, 5.41) is 1.54. The Hall–Kier alpha value is -1.22. The Bertz CT molecular complexity index is 756. The van der Waals surface area contributed by atoms with E-state index in [1.165, 1.54) is 15.4 Å². The van der Waals surface area contributed by atoms with Gasteiger partial charge in [-0.15, -0.1) is 0 Å². The van der Waals surface area contributed by atoms with E-state index in [9.17, 15) is 0 Å². The molecule has 0 N–H and O–H groups in total. The minimum atomic E-state index is 0.769. The van der Waals surface area contributed by atoms with Gasteiger partial charge in [0, 0.05) is 34.6 Å². The summed E-state index contributed by atoms with van der Waals surface area (Å²) < 4.78 is 0. The third kappa shape index (κ3) is 5.13. The third-order valence-corrected chi connectivity index (χ3v) is 7.13. The molecule has 0 saturated heterocycles. The highest BCUT2D eigenvalue weighted by Gasteiger charge is 2.06. The van der Waals surface area contributed by atoms with Crippen LogP contribution in [0.15, 0.2) is 75.2 Å². The molecule has 2 aromatic heterocycles. The van der Waals surface area contributed by atoms with E-state index in [0.717, 1.165) is 10.3 Å². The fraction of sp³-hybridized carbons (Fsp3) is 0.0667. The van der Waals surface area contributed by atoms with E-state index in [1.807, 2.05) is 12.1 Å². The summed E-state index contributed by atoms with van der Waals surface area (Å²) in [5.74, 6) is 0. The van der Waals surface area contributed by atoms with Crippen LogP contribution in [0, 0.1) is 6.92 Å². The van der Waals surface area contributed by atoms with Crippen molar-refractivity contribution in [3.8, 4) is 0 Å². The lowest BCUT2D eigenvalue weighted by Gasteiger charge is -2.06. The lowest BCUT2D eigenvalue weighted by atomic mass is 10.2. The van der Waals surface area contributed by atoms with Crippen LogP contribution in [-0.4, -0.2) is 19.9 Å². The normalized spacial score (nSPS) is 10.7. The van der Waals surface area contributed by atoms with Gasteiger partial charge in [0.05, 0.1) is 0 Å². The zero-order chi connectivity index (χ0) is 15.9. The maximum Gasteiger partial charge on any atom is 0.198 e. The highest BCUT2D eigenvalue weighted by molar-refractivity contribution is 8.77. The summed E-state index contributed by atoms with van der Waals surface area (Å²) in [6.07, 6.45) is 7.02. The standard InChI is InChI=1S/C15H12N4S4/c1-11-10-12(20-22-14-16-6-2-7-17-14)4-5-13(11)21-23-15-18-8-3-9-19-15/h2-10H,1H3. The van der Waals surface area contributed by atoms with E-state index in [0.29, 0.717) is 0 Å². The molecule has 0 amide bonds. The van der Waals surface area contributed by atoms with Gasteiger partial charge in [0.2, 0.25) is 0 Å². The Morgan fingerprint density at radius 2 is 1.26 bits per heavy atom. The number of aromatic nitrogens is 4. The second kappa shape index (κ2) is 8.58. The van der Waals surface area contributed by atoms with Gasteiger partial charge in [-0.3, -0.25) is 0 Å². The molecule has 23 heavy (non-hydrogen) atoms. The second-order valence-electron chi connectivity index (χ2n) is 4.32. The molecule has 0 fully saturated rings. The minimum absolute atomic E-state index is 0.769. The Labute approximate surface area is 150 Å². The zero-order valence-corrected chi connectivity index (χ0v) is 15.4. The van der Waals surface area contributed by atoms with Crippen LogP contribution in [0.1, 0.15) is 5.56 Å². The van der Waals surface area contributed by atoms with Gasteiger partial charge in [-0.25, -0.2) is 19.9 Å². The van der Waals surface area contributed by atoms with Crippen molar-refractivity contribution in [2.75, 3.05) is 0 Å². The minimum Gasteiger partial charge on any atom is -0.230 e. The predicted molar refractivity (Wildman–Crippen MR) is 98.7 cm³/mol. The van der Waals surface area contributed by atoms with Crippen LogP contribution < -0.4 is 0 Å². The summed E-state index contributed by atoms with van der Waals surface area (Å²) in [4.78, 5) is 19.2. The van der Waals surface area contributed by atoms with Crippen molar-refractivity contribution in [2.24, 2.45) is 0 Å². The molecule has 0 saturated carbocycles. The van der Waals surface area contributed by atoms with Gasteiger partial charge in [-0.1, -0.05) is 0 Å². The van der Waals surface area contributed by atoms with Crippen LogP contribution in [0.3, 0.4) is 0 Å². The fourth-order valence-electron chi connectivity index (χ4n) is 1.59. The maximum absolute atomic E-state index is 4.21. The monoisotopic (exact) mass is 376 g/mol. The number of benzene rings is 1. The molecule has 0 aliphatic carbocycles. The number of hydrogen-bond acceptors (Lipinski definition) is 8. The first-order valence-electron chi connectivity index (χ1n) is 6.65. The molecule has 0 aliphatic rings. The number of hydrogen-bond donors (Lipinski definition) is 0. The van der Waals surface area contributed by atoms with Crippen molar-refractivity contribution < 1.29 is 0 Å². The van der Waals surface area contributed by atoms with Gasteiger partial charge in [0.25, 0.3) is 0 Å². The lowest BCUT2D eigenvalue weighted by Crippen LogP contribution is -1.83.